The van der Waals surface area contributed by atoms with E-state index in [1.807, 2.05) is 54.6 Å². The highest BCUT2D eigenvalue weighted by atomic mass is 35.5. The number of carbonyl (C=O) groups excluding carboxylic acids is 1. The number of ether oxygens (including phenoxy) is 1. The number of likely N-dealkylation sites (tertiary alicyclic amines) is 1. The van der Waals surface area contributed by atoms with Crippen molar-refractivity contribution in [1.29, 1.82) is 0 Å². The van der Waals surface area contributed by atoms with Crippen molar-refractivity contribution in [3.63, 3.8) is 0 Å². The van der Waals surface area contributed by atoms with E-state index in [0.29, 0.717) is 16.6 Å². The van der Waals surface area contributed by atoms with E-state index < -0.39 is 0 Å². The lowest BCUT2D eigenvalue weighted by atomic mass is 10.0. The van der Waals surface area contributed by atoms with E-state index in [2.05, 4.69) is 22.2 Å². The number of piperidine rings is 1. The molecule has 8 heteroatoms. The molecule has 0 unspecified atom stereocenters. The number of halogens is 2. The number of nitrogens with zero attached hydrogens (tertiary/aromatic N) is 2. The van der Waals surface area contributed by atoms with Gasteiger partial charge in [-0.1, -0.05) is 104 Å². The van der Waals surface area contributed by atoms with E-state index in [0.717, 1.165) is 67.8 Å². The first kappa shape index (κ1) is 33.1. The standard InChI is InChI=1S/C35H45Cl2N3O3/c1-39(26-28-24-31(36)32(37)25-34(28)41)20-12-5-3-2-4-6-13-21-40-22-18-29(19-23-40)43-35(42)38-33-17-11-10-16-30(33)27-14-8-7-9-15-27/h7-11,14-17,24-25,29,41H,2-6,12-13,18-23,26H2,1H3,(H,38,42). The lowest BCUT2D eigenvalue weighted by Crippen LogP contribution is -2.38. The van der Waals surface area contributed by atoms with Gasteiger partial charge in [0.25, 0.3) is 0 Å². The third-order valence-electron chi connectivity index (χ3n) is 8.13. The van der Waals surface area contributed by atoms with Crippen molar-refractivity contribution in [2.24, 2.45) is 0 Å². The SMILES string of the molecule is CN(CCCCCCCCCN1CCC(OC(=O)Nc2ccccc2-c2ccccc2)CC1)Cc1cc(Cl)c(Cl)cc1O. The molecule has 1 amide bonds. The minimum Gasteiger partial charge on any atom is -0.508 e. The summed E-state index contributed by atoms with van der Waals surface area (Å²) in [5, 5.41) is 13.9. The Morgan fingerprint density at radius 3 is 2.28 bits per heavy atom. The number of benzene rings is 3. The summed E-state index contributed by atoms with van der Waals surface area (Å²) in [4.78, 5) is 17.4. The second kappa shape index (κ2) is 17.5. The van der Waals surface area contributed by atoms with Crippen molar-refractivity contribution >= 4 is 35.0 Å². The fraction of sp³-hybridized carbons (Fsp3) is 0.457. The van der Waals surface area contributed by atoms with Gasteiger partial charge in [-0.2, -0.15) is 0 Å². The van der Waals surface area contributed by atoms with Crippen LogP contribution in [0.4, 0.5) is 10.5 Å². The van der Waals surface area contributed by atoms with E-state index in [1.54, 1.807) is 6.07 Å². The van der Waals surface area contributed by atoms with Crippen LogP contribution >= 0.6 is 23.2 Å². The van der Waals surface area contributed by atoms with Crippen molar-refractivity contribution < 1.29 is 14.6 Å². The number of rotatable bonds is 15. The second-order valence-corrected chi connectivity index (χ2v) is 12.4. The minimum absolute atomic E-state index is 0.0335. The molecule has 232 valence electrons. The van der Waals surface area contributed by atoms with Crippen LogP contribution in [0.3, 0.4) is 0 Å². The molecule has 0 aliphatic carbocycles. The van der Waals surface area contributed by atoms with Crippen LogP contribution in [0.1, 0.15) is 63.4 Å². The Labute approximate surface area is 266 Å². The van der Waals surface area contributed by atoms with Gasteiger partial charge in [-0.3, -0.25) is 5.32 Å². The molecule has 6 nitrogen and oxygen atoms in total. The summed E-state index contributed by atoms with van der Waals surface area (Å²) in [6, 6.07) is 21.2. The maximum absolute atomic E-state index is 12.7. The number of unbranched alkanes of at least 4 members (excludes halogenated alkanes) is 6. The summed E-state index contributed by atoms with van der Waals surface area (Å²) in [6.45, 7) is 4.72. The summed E-state index contributed by atoms with van der Waals surface area (Å²) in [5.74, 6) is 0.197. The normalized spacial score (nSPS) is 14.2. The molecule has 2 N–H and O–H groups in total. The van der Waals surface area contributed by atoms with Crippen LogP contribution in [0, 0.1) is 0 Å². The van der Waals surface area contributed by atoms with Crippen molar-refractivity contribution in [2.45, 2.75) is 70.4 Å². The Morgan fingerprint density at radius 1 is 0.907 bits per heavy atom. The molecule has 43 heavy (non-hydrogen) atoms. The summed E-state index contributed by atoms with van der Waals surface area (Å²) in [5.41, 5.74) is 3.62. The predicted octanol–water partition coefficient (Wildman–Crippen LogP) is 9.24. The van der Waals surface area contributed by atoms with Crippen molar-refractivity contribution in [1.82, 2.24) is 9.80 Å². The number of anilines is 1. The summed E-state index contributed by atoms with van der Waals surface area (Å²) < 4.78 is 5.78. The highest BCUT2D eigenvalue weighted by molar-refractivity contribution is 6.42. The minimum atomic E-state index is -0.376. The van der Waals surface area contributed by atoms with Gasteiger partial charge in [0, 0.05) is 36.8 Å². The first-order chi connectivity index (χ1) is 20.9. The molecule has 3 aromatic carbocycles. The Kier molecular flexibility index (Phi) is 13.5. The maximum atomic E-state index is 12.7. The molecule has 0 atom stereocenters. The molecule has 1 aliphatic rings. The van der Waals surface area contributed by atoms with Crippen molar-refractivity contribution in [2.75, 3.05) is 38.5 Å². The number of aromatic hydroxyl groups is 1. The lowest BCUT2D eigenvalue weighted by Gasteiger charge is -2.31. The number of phenolic OH excluding ortho intramolecular Hbond substituents is 1. The van der Waals surface area contributed by atoms with Gasteiger partial charge in [0.15, 0.2) is 0 Å². The van der Waals surface area contributed by atoms with Crippen LogP contribution in [0.25, 0.3) is 11.1 Å². The zero-order valence-corrected chi connectivity index (χ0v) is 26.8. The predicted molar refractivity (Wildman–Crippen MR) is 178 cm³/mol. The monoisotopic (exact) mass is 625 g/mol. The molecule has 1 heterocycles. The van der Waals surface area contributed by atoms with Gasteiger partial charge < -0.3 is 19.6 Å². The van der Waals surface area contributed by atoms with Gasteiger partial charge in [0.05, 0.1) is 15.7 Å². The number of amides is 1. The Bertz CT molecular complexity index is 1280. The number of hydrogen-bond acceptors (Lipinski definition) is 5. The van der Waals surface area contributed by atoms with E-state index >= 15 is 0 Å². The maximum Gasteiger partial charge on any atom is 0.411 e. The molecule has 0 aromatic heterocycles. The third kappa shape index (κ3) is 11.0. The highest BCUT2D eigenvalue weighted by Gasteiger charge is 2.22. The first-order valence-electron chi connectivity index (χ1n) is 15.6. The molecule has 0 spiro atoms. The van der Waals surface area contributed by atoms with Gasteiger partial charge in [0.1, 0.15) is 11.9 Å². The van der Waals surface area contributed by atoms with Crippen molar-refractivity contribution in [3.8, 4) is 16.9 Å². The van der Waals surface area contributed by atoms with E-state index in [-0.39, 0.29) is 17.9 Å². The highest BCUT2D eigenvalue weighted by Crippen LogP contribution is 2.31. The Hall–Kier alpha value is -2.77. The summed E-state index contributed by atoms with van der Waals surface area (Å²) in [6.07, 6.45) is 10.0. The van der Waals surface area contributed by atoms with Crippen LogP contribution in [-0.4, -0.2) is 60.3 Å². The molecule has 1 fully saturated rings. The third-order valence-corrected chi connectivity index (χ3v) is 8.86. The number of carbonyl (C=O) groups is 1. The Morgan fingerprint density at radius 2 is 1.53 bits per heavy atom. The first-order valence-corrected chi connectivity index (χ1v) is 16.3. The fourth-order valence-electron chi connectivity index (χ4n) is 5.68. The summed E-state index contributed by atoms with van der Waals surface area (Å²) in [7, 11) is 2.07. The van der Waals surface area contributed by atoms with Crippen LogP contribution in [0.2, 0.25) is 10.0 Å². The molecule has 0 saturated carbocycles. The molecule has 1 aliphatic heterocycles. The zero-order chi connectivity index (χ0) is 30.4. The van der Waals surface area contributed by atoms with Crippen molar-refractivity contribution in [3.05, 3.63) is 82.3 Å². The largest absolute Gasteiger partial charge is 0.508 e. The molecular formula is C35H45Cl2N3O3. The van der Waals surface area contributed by atoms with E-state index in [4.69, 9.17) is 27.9 Å². The second-order valence-electron chi connectivity index (χ2n) is 11.6. The van der Waals surface area contributed by atoms with E-state index in [9.17, 15) is 9.90 Å². The molecule has 3 aromatic rings. The summed E-state index contributed by atoms with van der Waals surface area (Å²) >= 11 is 12.1. The topological polar surface area (TPSA) is 65.0 Å². The van der Waals surface area contributed by atoms with Gasteiger partial charge in [-0.05, 0) is 63.5 Å². The van der Waals surface area contributed by atoms with Crippen LogP contribution in [-0.2, 0) is 11.3 Å². The molecule has 1 saturated heterocycles. The van der Waals surface area contributed by atoms with Gasteiger partial charge in [0.2, 0.25) is 0 Å². The number of hydrogen-bond donors (Lipinski definition) is 2. The molecule has 4 rings (SSSR count). The smallest absolute Gasteiger partial charge is 0.411 e. The average Bonchev–Trinajstić information content (AvgIpc) is 3.00. The van der Waals surface area contributed by atoms with Gasteiger partial charge in [-0.15, -0.1) is 0 Å². The van der Waals surface area contributed by atoms with Crippen LogP contribution in [0.15, 0.2) is 66.7 Å². The molecule has 0 bridgehead atoms. The number of para-hydroxylation sites is 1. The van der Waals surface area contributed by atoms with Crippen LogP contribution in [0.5, 0.6) is 5.75 Å². The van der Waals surface area contributed by atoms with E-state index in [1.165, 1.54) is 44.6 Å². The quantitative estimate of drug-likeness (QED) is 0.165. The number of nitrogens with one attached hydrogen (secondary N) is 1. The van der Waals surface area contributed by atoms with Gasteiger partial charge >= 0.3 is 6.09 Å². The molecule has 0 radical (unpaired) electrons. The average molecular weight is 627 g/mol. The lowest BCUT2D eigenvalue weighted by molar-refractivity contribution is 0.0584. The molecular weight excluding hydrogens is 581 g/mol. The fourth-order valence-corrected chi connectivity index (χ4v) is 6.02. The van der Waals surface area contributed by atoms with Crippen LogP contribution < -0.4 is 5.32 Å². The number of phenols is 1. The Balaban J connectivity index is 1.01. The zero-order valence-electron chi connectivity index (χ0n) is 25.2. The van der Waals surface area contributed by atoms with Gasteiger partial charge in [-0.25, -0.2) is 4.79 Å².